The van der Waals surface area contributed by atoms with E-state index in [1.54, 1.807) is 20.8 Å². The van der Waals surface area contributed by atoms with Crippen molar-refractivity contribution in [2.45, 2.75) is 50.3 Å². The molecule has 280 valence electrons. The second-order valence-corrected chi connectivity index (χ2v) is 15.1. The Morgan fingerprint density at radius 3 is 1.37 bits per heavy atom. The largest absolute Gasteiger partial charge is 0.460 e. The number of alkyl carbamates (subject to hydrolysis) is 2. The summed E-state index contributed by atoms with van der Waals surface area (Å²) in [5.41, 5.74) is 7.78. The van der Waals surface area contributed by atoms with Gasteiger partial charge in [0.15, 0.2) is 0 Å². The smallest absolute Gasteiger partial charge is 0.407 e. The number of rotatable bonds is 14. The van der Waals surface area contributed by atoms with E-state index in [2.05, 4.69) is 17.2 Å². The SMILES string of the molecule is C=CCOC(=O)[C@H](CSC[C@H](NC(=O)OCC1c2ccccc2-c2ccccc21)C(=O)OC(C)(C)C)NC(=O)OCC1c2ccccc2-c2ccccc21. The molecule has 2 atom stereocenters. The molecule has 0 heterocycles. The third-order valence-corrected chi connectivity index (χ3v) is 10.3. The van der Waals surface area contributed by atoms with Gasteiger partial charge in [-0.2, -0.15) is 11.8 Å². The number of carbonyl (C=O) groups excluding carboxylic acids is 4. The molecule has 2 amide bonds. The van der Waals surface area contributed by atoms with Crippen LogP contribution in [0.4, 0.5) is 9.59 Å². The number of esters is 2. The summed E-state index contributed by atoms with van der Waals surface area (Å²) in [6.07, 6.45) is -0.155. The predicted octanol–water partition coefficient (Wildman–Crippen LogP) is 7.61. The Labute approximate surface area is 319 Å². The fraction of sp³-hybridized carbons (Fsp3) is 0.302. The molecule has 0 unspecified atom stereocenters. The maximum absolute atomic E-state index is 13.3. The third-order valence-electron chi connectivity index (χ3n) is 9.16. The van der Waals surface area contributed by atoms with Gasteiger partial charge < -0.3 is 29.6 Å². The van der Waals surface area contributed by atoms with Crippen LogP contribution in [0.2, 0.25) is 0 Å². The van der Waals surface area contributed by atoms with Crippen molar-refractivity contribution in [3.8, 4) is 22.3 Å². The van der Waals surface area contributed by atoms with Crippen LogP contribution >= 0.6 is 11.8 Å². The van der Waals surface area contributed by atoms with Gasteiger partial charge in [0, 0.05) is 23.3 Å². The van der Waals surface area contributed by atoms with E-state index < -0.39 is 41.8 Å². The highest BCUT2D eigenvalue weighted by Gasteiger charge is 2.33. The van der Waals surface area contributed by atoms with Crippen LogP contribution < -0.4 is 10.6 Å². The Kier molecular flexibility index (Phi) is 12.1. The normalized spacial score (nSPS) is 14.0. The molecule has 4 aromatic carbocycles. The minimum atomic E-state index is -1.13. The van der Waals surface area contributed by atoms with Crippen LogP contribution in [-0.2, 0) is 28.5 Å². The summed E-state index contributed by atoms with van der Waals surface area (Å²) in [4.78, 5) is 52.7. The zero-order valence-corrected chi connectivity index (χ0v) is 31.4. The van der Waals surface area contributed by atoms with Gasteiger partial charge in [-0.15, -0.1) is 0 Å². The minimum Gasteiger partial charge on any atom is -0.460 e. The molecule has 6 rings (SSSR count). The van der Waals surface area contributed by atoms with Gasteiger partial charge in [0.05, 0.1) is 0 Å². The lowest BCUT2D eigenvalue weighted by molar-refractivity contribution is -0.156. The zero-order chi connectivity index (χ0) is 38.2. The first-order valence-corrected chi connectivity index (χ1v) is 19.0. The van der Waals surface area contributed by atoms with Gasteiger partial charge in [0.1, 0.15) is 37.5 Å². The molecule has 4 aromatic rings. The first-order valence-electron chi connectivity index (χ1n) is 17.8. The number of hydrogen-bond donors (Lipinski definition) is 2. The number of fused-ring (bicyclic) bond motifs is 6. The predicted molar refractivity (Wildman–Crippen MR) is 208 cm³/mol. The molecule has 0 aliphatic heterocycles. The standard InChI is InChI=1S/C43H44N2O8S/c1-5-22-50-39(46)37(44-41(48)51-23-35-31-18-10-6-14-27(31)28-15-7-11-19-32(28)35)25-54-26-38(40(47)53-43(2,3)4)45-42(49)52-24-36-33-20-12-8-16-29(33)30-17-9-13-21-34(30)36/h5-21,35-38H,1,22-26H2,2-4H3,(H,44,48)(H,45,49)/t37-,38-/m0/s1. The fourth-order valence-corrected chi connectivity index (χ4v) is 7.87. The topological polar surface area (TPSA) is 129 Å². The zero-order valence-electron chi connectivity index (χ0n) is 30.5. The first-order chi connectivity index (χ1) is 26.0. The molecule has 2 N–H and O–H groups in total. The number of amides is 2. The summed E-state index contributed by atoms with van der Waals surface area (Å²) in [5, 5.41) is 5.29. The van der Waals surface area contributed by atoms with Crippen LogP contribution in [0.15, 0.2) is 110 Å². The second kappa shape index (κ2) is 17.1. The molecule has 0 saturated carbocycles. The van der Waals surface area contributed by atoms with E-state index in [0.29, 0.717) is 0 Å². The molecular formula is C43H44N2O8S. The van der Waals surface area contributed by atoms with Gasteiger partial charge in [-0.05, 0) is 65.3 Å². The van der Waals surface area contributed by atoms with Gasteiger partial charge in [-0.1, -0.05) is 110 Å². The number of ether oxygens (including phenoxy) is 4. The Morgan fingerprint density at radius 2 is 1.00 bits per heavy atom. The molecule has 0 aromatic heterocycles. The fourth-order valence-electron chi connectivity index (χ4n) is 6.82. The van der Waals surface area contributed by atoms with Gasteiger partial charge in [0.2, 0.25) is 0 Å². The van der Waals surface area contributed by atoms with E-state index in [4.69, 9.17) is 18.9 Å². The van der Waals surface area contributed by atoms with Crippen LogP contribution in [0.25, 0.3) is 22.3 Å². The van der Waals surface area contributed by atoms with E-state index >= 15 is 0 Å². The summed E-state index contributed by atoms with van der Waals surface area (Å²) in [6.45, 7) is 8.84. The molecule has 10 nitrogen and oxygen atoms in total. The van der Waals surface area contributed by atoms with Crippen molar-refractivity contribution >= 4 is 35.9 Å². The lowest BCUT2D eigenvalue weighted by atomic mass is 9.98. The second-order valence-electron chi connectivity index (χ2n) is 14.0. The van der Waals surface area contributed by atoms with Gasteiger partial charge in [-0.25, -0.2) is 19.2 Å². The number of hydrogen-bond acceptors (Lipinski definition) is 9. The summed E-state index contributed by atoms with van der Waals surface area (Å²) in [7, 11) is 0. The Morgan fingerprint density at radius 1 is 0.630 bits per heavy atom. The van der Waals surface area contributed by atoms with Crippen molar-refractivity contribution < 1.29 is 38.1 Å². The van der Waals surface area contributed by atoms with E-state index in [-0.39, 0.29) is 43.2 Å². The van der Waals surface area contributed by atoms with Gasteiger partial charge in [-0.3, -0.25) is 0 Å². The van der Waals surface area contributed by atoms with Crippen molar-refractivity contribution in [1.29, 1.82) is 0 Å². The quantitative estimate of drug-likeness (QED) is 0.0761. The number of benzene rings is 4. The van der Waals surface area contributed by atoms with E-state index in [0.717, 1.165) is 56.3 Å². The van der Waals surface area contributed by atoms with E-state index in [9.17, 15) is 19.2 Å². The summed E-state index contributed by atoms with van der Waals surface area (Å²) in [6, 6.07) is 29.7. The molecule has 0 spiro atoms. The Bertz CT molecular complexity index is 1930. The average Bonchev–Trinajstić information content (AvgIpc) is 3.66. The van der Waals surface area contributed by atoms with Crippen LogP contribution in [0.5, 0.6) is 0 Å². The van der Waals surface area contributed by atoms with Crippen LogP contribution in [0.3, 0.4) is 0 Å². The lowest BCUT2D eigenvalue weighted by Gasteiger charge is -2.25. The summed E-state index contributed by atoms with van der Waals surface area (Å²) in [5.74, 6) is -1.68. The maximum atomic E-state index is 13.3. The lowest BCUT2D eigenvalue weighted by Crippen LogP contribution is -2.47. The minimum absolute atomic E-state index is 0.00579. The number of carbonyl (C=O) groups is 4. The molecule has 54 heavy (non-hydrogen) atoms. The van der Waals surface area contributed by atoms with Crippen LogP contribution in [0, 0.1) is 0 Å². The van der Waals surface area contributed by atoms with E-state index in [1.807, 2.05) is 97.1 Å². The van der Waals surface area contributed by atoms with Crippen molar-refractivity contribution in [2.24, 2.45) is 0 Å². The molecule has 0 radical (unpaired) electrons. The van der Waals surface area contributed by atoms with Crippen LogP contribution in [-0.4, -0.2) is 73.1 Å². The number of nitrogens with one attached hydrogen (secondary N) is 2. The summed E-state index contributed by atoms with van der Waals surface area (Å²) < 4.78 is 22.3. The number of thioether (sulfide) groups is 1. The highest BCUT2D eigenvalue weighted by Crippen LogP contribution is 2.45. The molecule has 0 bridgehead atoms. The summed E-state index contributed by atoms with van der Waals surface area (Å²) >= 11 is 1.15. The first kappa shape index (κ1) is 38.2. The van der Waals surface area contributed by atoms with Gasteiger partial charge >= 0.3 is 24.1 Å². The van der Waals surface area contributed by atoms with E-state index in [1.165, 1.54) is 6.08 Å². The average molecular weight is 749 g/mol. The molecule has 0 saturated heterocycles. The van der Waals surface area contributed by atoms with Crippen molar-refractivity contribution in [1.82, 2.24) is 10.6 Å². The molecule has 2 aliphatic rings. The van der Waals surface area contributed by atoms with Crippen molar-refractivity contribution in [3.63, 3.8) is 0 Å². The third kappa shape index (κ3) is 8.97. The Balaban J connectivity index is 1.08. The molecule has 11 heteroatoms. The van der Waals surface area contributed by atoms with Gasteiger partial charge in [0.25, 0.3) is 0 Å². The maximum Gasteiger partial charge on any atom is 0.407 e. The Hall–Kier alpha value is -5.55. The molecule has 2 aliphatic carbocycles. The molecule has 0 fully saturated rings. The van der Waals surface area contributed by atoms with Crippen LogP contribution in [0.1, 0.15) is 54.9 Å². The van der Waals surface area contributed by atoms with Crippen molar-refractivity contribution in [3.05, 3.63) is 132 Å². The monoisotopic (exact) mass is 748 g/mol. The molecular weight excluding hydrogens is 705 g/mol. The highest BCUT2D eigenvalue weighted by molar-refractivity contribution is 7.99. The highest BCUT2D eigenvalue weighted by atomic mass is 32.2. The van der Waals surface area contributed by atoms with Crippen molar-refractivity contribution in [2.75, 3.05) is 31.3 Å².